The summed E-state index contributed by atoms with van der Waals surface area (Å²) in [6.45, 7) is 6.05. The molecule has 3 aromatic rings. The smallest absolute Gasteiger partial charge is 0.274 e. The first kappa shape index (κ1) is 20.3. The molecule has 0 unspecified atom stereocenters. The number of hydrogen-bond donors (Lipinski definition) is 2. The van der Waals surface area contributed by atoms with Crippen molar-refractivity contribution in [2.24, 2.45) is 0 Å². The van der Waals surface area contributed by atoms with Gasteiger partial charge in [0.2, 0.25) is 5.95 Å². The van der Waals surface area contributed by atoms with Crippen molar-refractivity contribution in [1.82, 2.24) is 9.97 Å². The number of para-hydroxylation sites is 2. The minimum absolute atomic E-state index is 0.0170. The predicted octanol–water partition coefficient (Wildman–Crippen LogP) is 4.58. The quantitative estimate of drug-likeness (QED) is 0.614. The van der Waals surface area contributed by atoms with E-state index in [1.165, 1.54) is 12.1 Å². The van der Waals surface area contributed by atoms with Gasteiger partial charge >= 0.3 is 0 Å². The molecular formula is C22H23FN4O2. The molecule has 0 spiro atoms. The zero-order valence-electron chi connectivity index (χ0n) is 16.6. The highest BCUT2D eigenvalue weighted by Crippen LogP contribution is 2.25. The van der Waals surface area contributed by atoms with Crippen molar-refractivity contribution in [2.45, 2.75) is 33.4 Å². The molecule has 29 heavy (non-hydrogen) atoms. The summed E-state index contributed by atoms with van der Waals surface area (Å²) in [4.78, 5) is 21.4. The number of carbonyl (C=O) groups is 1. The Labute approximate surface area is 169 Å². The zero-order chi connectivity index (χ0) is 20.8. The van der Waals surface area contributed by atoms with Gasteiger partial charge < -0.3 is 15.4 Å². The molecular weight excluding hydrogens is 371 g/mol. The van der Waals surface area contributed by atoms with Crippen LogP contribution in [0.5, 0.6) is 5.75 Å². The van der Waals surface area contributed by atoms with E-state index in [2.05, 4.69) is 20.6 Å². The Morgan fingerprint density at radius 3 is 2.55 bits per heavy atom. The van der Waals surface area contributed by atoms with E-state index in [1.807, 2.05) is 26.0 Å². The van der Waals surface area contributed by atoms with Crippen LogP contribution in [0.25, 0.3) is 0 Å². The van der Waals surface area contributed by atoms with E-state index < -0.39 is 0 Å². The van der Waals surface area contributed by atoms with Gasteiger partial charge in [0.05, 0.1) is 11.8 Å². The van der Waals surface area contributed by atoms with E-state index >= 15 is 0 Å². The third kappa shape index (κ3) is 5.75. The minimum Gasteiger partial charge on any atom is -0.489 e. The van der Waals surface area contributed by atoms with Crippen LogP contribution in [0.4, 0.5) is 16.0 Å². The van der Waals surface area contributed by atoms with Crippen molar-refractivity contribution in [3.8, 4) is 5.75 Å². The lowest BCUT2D eigenvalue weighted by Crippen LogP contribution is -2.17. The van der Waals surface area contributed by atoms with E-state index in [4.69, 9.17) is 4.74 Å². The number of rotatable bonds is 7. The van der Waals surface area contributed by atoms with Crippen molar-refractivity contribution in [1.29, 1.82) is 0 Å². The number of hydrogen-bond acceptors (Lipinski definition) is 5. The second-order valence-electron chi connectivity index (χ2n) is 6.82. The van der Waals surface area contributed by atoms with E-state index in [-0.39, 0.29) is 23.5 Å². The lowest BCUT2D eigenvalue weighted by atomic mass is 10.2. The summed E-state index contributed by atoms with van der Waals surface area (Å²) in [5, 5.41) is 5.91. The van der Waals surface area contributed by atoms with E-state index in [0.717, 1.165) is 5.56 Å². The fourth-order valence-corrected chi connectivity index (χ4v) is 2.66. The molecule has 0 radical (unpaired) electrons. The number of nitrogens with one attached hydrogen (secondary N) is 2. The summed E-state index contributed by atoms with van der Waals surface area (Å²) in [5.74, 6) is 0.267. The Balaban J connectivity index is 1.73. The van der Waals surface area contributed by atoms with E-state index in [0.29, 0.717) is 29.6 Å². The van der Waals surface area contributed by atoms with Crippen molar-refractivity contribution >= 4 is 17.5 Å². The first-order valence-electron chi connectivity index (χ1n) is 9.32. The monoisotopic (exact) mass is 394 g/mol. The third-order valence-corrected chi connectivity index (χ3v) is 3.95. The lowest BCUT2D eigenvalue weighted by molar-refractivity contribution is 0.102. The van der Waals surface area contributed by atoms with Crippen LogP contribution in [0, 0.1) is 12.7 Å². The summed E-state index contributed by atoms with van der Waals surface area (Å²) in [7, 11) is 0. The maximum Gasteiger partial charge on any atom is 0.274 e. The summed E-state index contributed by atoms with van der Waals surface area (Å²) < 4.78 is 18.8. The lowest BCUT2D eigenvalue weighted by Gasteiger charge is -2.15. The SMILES string of the molecule is Cc1cc(C(=O)Nc2ccccc2OC(C)C)nc(NCc2ccc(F)cc2)n1. The highest BCUT2D eigenvalue weighted by molar-refractivity contribution is 6.03. The average Bonchev–Trinajstić information content (AvgIpc) is 2.68. The van der Waals surface area contributed by atoms with Crippen molar-refractivity contribution in [3.05, 3.63) is 77.4 Å². The molecule has 3 rings (SSSR count). The first-order chi connectivity index (χ1) is 13.9. The Kier molecular flexibility index (Phi) is 6.39. The van der Waals surface area contributed by atoms with Gasteiger partial charge in [-0.15, -0.1) is 0 Å². The molecule has 2 N–H and O–H groups in total. The maximum atomic E-state index is 13.0. The number of aryl methyl sites for hydroxylation is 1. The number of amides is 1. The van der Waals surface area contributed by atoms with E-state index in [9.17, 15) is 9.18 Å². The highest BCUT2D eigenvalue weighted by atomic mass is 19.1. The average molecular weight is 394 g/mol. The van der Waals surface area contributed by atoms with Crippen LogP contribution < -0.4 is 15.4 Å². The number of halogens is 1. The van der Waals surface area contributed by atoms with Crippen LogP contribution in [-0.4, -0.2) is 22.0 Å². The van der Waals surface area contributed by atoms with Gasteiger partial charge in [0.15, 0.2) is 0 Å². The van der Waals surface area contributed by atoms with Gasteiger partial charge in [-0.3, -0.25) is 4.79 Å². The van der Waals surface area contributed by atoms with Gasteiger partial charge in [-0.2, -0.15) is 0 Å². The normalized spacial score (nSPS) is 10.7. The first-order valence-corrected chi connectivity index (χ1v) is 9.32. The molecule has 0 fully saturated rings. The van der Waals surface area contributed by atoms with Crippen molar-refractivity contribution < 1.29 is 13.9 Å². The molecule has 1 heterocycles. The number of anilines is 2. The summed E-state index contributed by atoms with van der Waals surface area (Å²) in [5.41, 5.74) is 2.34. The molecule has 0 aliphatic rings. The maximum absolute atomic E-state index is 13.0. The number of nitrogens with zero attached hydrogens (tertiary/aromatic N) is 2. The molecule has 0 bridgehead atoms. The van der Waals surface area contributed by atoms with Gasteiger partial charge in [-0.25, -0.2) is 14.4 Å². The van der Waals surface area contributed by atoms with Crippen LogP contribution >= 0.6 is 0 Å². The molecule has 1 amide bonds. The Morgan fingerprint density at radius 1 is 1.10 bits per heavy atom. The van der Waals surface area contributed by atoms with Crippen molar-refractivity contribution in [2.75, 3.05) is 10.6 Å². The molecule has 0 atom stereocenters. The topological polar surface area (TPSA) is 76.1 Å². The Morgan fingerprint density at radius 2 is 1.83 bits per heavy atom. The number of carbonyl (C=O) groups excluding carboxylic acids is 1. The van der Waals surface area contributed by atoms with Crippen LogP contribution in [0.1, 0.15) is 35.6 Å². The van der Waals surface area contributed by atoms with Gasteiger partial charge in [0.1, 0.15) is 17.3 Å². The molecule has 0 aliphatic heterocycles. The van der Waals surface area contributed by atoms with Crippen LogP contribution in [-0.2, 0) is 6.54 Å². The van der Waals surface area contributed by atoms with Crippen LogP contribution in [0.2, 0.25) is 0 Å². The minimum atomic E-state index is -0.361. The molecule has 1 aromatic heterocycles. The van der Waals surface area contributed by atoms with Gasteiger partial charge in [-0.1, -0.05) is 24.3 Å². The van der Waals surface area contributed by atoms with Gasteiger partial charge in [0.25, 0.3) is 5.91 Å². The number of benzene rings is 2. The molecule has 0 saturated carbocycles. The molecule has 2 aromatic carbocycles. The summed E-state index contributed by atoms with van der Waals surface area (Å²) >= 11 is 0. The van der Waals surface area contributed by atoms with E-state index in [1.54, 1.807) is 37.3 Å². The Bertz CT molecular complexity index is 990. The predicted molar refractivity (Wildman–Crippen MR) is 111 cm³/mol. The molecule has 7 heteroatoms. The summed E-state index contributed by atoms with van der Waals surface area (Å²) in [6.07, 6.45) is -0.0170. The zero-order valence-corrected chi connectivity index (χ0v) is 16.6. The van der Waals surface area contributed by atoms with Gasteiger partial charge in [-0.05, 0) is 56.7 Å². The second kappa shape index (κ2) is 9.14. The third-order valence-electron chi connectivity index (χ3n) is 3.95. The van der Waals surface area contributed by atoms with Crippen LogP contribution in [0.15, 0.2) is 54.6 Å². The largest absolute Gasteiger partial charge is 0.489 e. The molecule has 0 aliphatic carbocycles. The fraction of sp³-hybridized carbons (Fsp3) is 0.227. The number of aromatic nitrogens is 2. The molecule has 6 nitrogen and oxygen atoms in total. The van der Waals surface area contributed by atoms with Crippen LogP contribution in [0.3, 0.4) is 0 Å². The standard InChI is InChI=1S/C22H23FN4O2/c1-14(2)29-20-7-5-4-6-18(20)26-21(28)19-12-15(3)25-22(27-19)24-13-16-8-10-17(23)11-9-16/h4-12,14H,13H2,1-3H3,(H,26,28)(H,24,25,27). The number of ether oxygens (including phenoxy) is 1. The fourth-order valence-electron chi connectivity index (χ4n) is 2.66. The van der Waals surface area contributed by atoms with Crippen molar-refractivity contribution in [3.63, 3.8) is 0 Å². The molecule has 0 saturated heterocycles. The van der Waals surface area contributed by atoms with Gasteiger partial charge in [0, 0.05) is 12.2 Å². The summed E-state index contributed by atoms with van der Waals surface area (Å²) in [6, 6.07) is 15.0. The molecule has 150 valence electrons. The highest BCUT2D eigenvalue weighted by Gasteiger charge is 2.14. The second-order valence-corrected chi connectivity index (χ2v) is 6.82. The Hall–Kier alpha value is -3.48.